The van der Waals surface area contributed by atoms with Crippen molar-refractivity contribution in [3.8, 4) is 40.1 Å². The van der Waals surface area contributed by atoms with Crippen molar-refractivity contribution in [2.24, 2.45) is 0 Å². The molecule has 3 heterocycles. The van der Waals surface area contributed by atoms with Crippen LogP contribution in [0.15, 0.2) is 39.5 Å². The van der Waals surface area contributed by atoms with Gasteiger partial charge in [-0.05, 0) is 19.1 Å². The molecule has 16 heteroatoms. The van der Waals surface area contributed by atoms with E-state index < -0.39 is 102 Å². The highest BCUT2D eigenvalue weighted by Crippen LogP contribution is 2.43. The van der Waals surface area contributed by atoms with Crippen molar-refractivity contribution in [1.29, 1.82) is 0 Å². The topological polar surface area (TPSA) is 269 Å². The summed E-state index contributed by atoms with van der Waals surface area (Å²) in [5.74, 6) is -4.22. The zero-order valence-electron chi connectivity index (χ0n) is 22.3. The third kappa shape index (κ3) is 5.55. The van der Waals surface area contributed by atoms with Gasteiger partial charge in [0, 0.05) is 11.6 Å². The first kappa shape index (κ1) is 30.7. The first-order chi connectivity index (χ1) is 20.3. The van der Waals surface area contributed by atoms with Crippen molar-refractivity contribution < 1.29 is 74.4 Å². The lowest BCUT2D eigenvalue weighted by Crippen LogP contribution is -2.61. The average molecular weight is 611 g/mol. The second-order valence-corrected chi connectivity index (χ2v) is 10.3. The van der Waals surface area contributed by atoms with E-state index in [9.17, 15) is 55.9 Å². The molecule has 234 valence electrons. The lowest BCUT2D eigenvalue weighted by atomic mass is 9.98. The van der Waals surface area contributed by atoms with Gasteiger partial charge in [0.1, 0.15) is 59.4 Å². The quantitative estimate of drug-likeness (QED) is 0.140. The summed E-state index contributed by atoms with van der Waals surface area (Å²) in [5.41, 5.74) is -1.44. The number of phenolic OH excluding ortho intramolecular Hbond substituents is 4. The van der Waals surface area contributed by atoms with Gasteiger partial charge in [0.25, 0.3) is 0 Å². The SMILES string of the molecule is C[C@@H]1O[C@H](OC[C@@H]2O[C@@H](Oc3c(-c4cccc(O)c4)oc4cc(O)c(O)c(O)c4c3=O)[C@H](O)[C@@H](O)[C@@H]2O)[C@@H](O)[C@@H](O)[C@@H]1O. The molecular weight excluding hydrogens is 580 g/mol. The summed E-state index contributed by atoms with van der Waals surface area (Å²) in [4.78, 5) is 13.6. The van der Waals surface area contributed by atoms with Gasteiger partial charge in [0.15, 0.2) is 23.5 Å². The predicted octanol–water partition coefficient (Wildman–Crippen LogP) is -1.69. The Morgan fingerprint density at radius 2 is 1.47 bits per heavy atom. The van der Waals surface area contributed by atoms with Crippen LogP contribution in [0.2, 0.25) is 0 Å². The number of aliphatic hydroxyl groups excluding tert-OH is 6. The van der Waals surface area contributed by atoms with Crippen molar-refractivity contribution in [3.05, 3.63) is 40.6 Å². The molecule has 43 heavy (non-hydrogen) atoms. The Bertz CT molecular complexity index is 1540. The maximum atomic E-state index is 13.6. The second kappa shape index (κ2) is 11.8. The highest BCUT2D eigenvalue weighted by atomic mass is 16.7. The van der Waals surface area contributed by atoms with Gasteiger partial charge in [-0.3, -0.25) is 4.79 Å². The Morgan fingerprint density at radius 1 is 0.791 bits per heavy atom. The number of aromatic hydroxyl groups is 4. The first-order valence-corrected chi connectivity index (χ1v) is 13.0. The number of rotatable bonds is 6. The Kier molecular flexibility index (Phi) is 8.41. The second-order valence-electron chi connectivity index (χ2n) is 10.3. The van der Waals surface area contributed by atoms with Gasteiger partial charge in [0.05, 0.1) is 12.7 Å². The van der Waals surface area contributed by atoms with E-state index in [1.807, 2.05) is 0 Å². The summed E-state index contributed by atoms with van der Waals surface area (Å²) in [5, 5.41) is 102. The molecule has 1 aromatic heterocycles. The van der Waals surface area contributed by atoms with E-state index in [2.05, 4.69) is 0 Å². The Morgan fingerprint density at radius 3 is 2.16 bits per heavy atom. The smallest absolute Gasteiger partial charge is 0.239 e. The van der Waals surface area contributed by atoms with Gasteiger partial charge in [-0.1, -0.05) is 12.1 Å². The Balaban J connectivity index is 1.49. The fourth-order valence-corrected chi connectivity index (χ4v) is 4.85. The molecule has 0 amide bonds. The van der Waals surface area contributed by atoms with Gasteiger partial charge in [-0.15, -0.1) is 0 Å². The fourth-order valence-electron chi connectivity index (χ4n) is 4.85. The summed E-state index contributed by atoms with van der Waals surface area (Å²) in [6.45, 7) is 0.811. The largest absolute Gasteiger partial charge is 0.508 e. The van der Waals surface area contributed by atoms with Crippen LogP contribution in [0, 0.1) is 0 Å². The minimum atomic E-state index is -1.98. The van der Waals surface area contributed by atoms with Crippen molar-refractivity contribution in [2.75, 3.05) is 6.61 Å². The van der Waals surface area contributed by atoms with E-state index in [0.717, 1.165) is 6.07 Å². The normalized spacial score (nSPS) is 33.0. The maximum absolute atomic E-state index is 13.6. The highest BCUT2D eigenvalue weighted by molar-refractivity contribution is 5.91. The van der Waals surface area contributed by atoms with Crippen molar-refractivity contribution in [3.63, 3.8) is 0 Å². The number of phenols is 4. The van der Waals surface area contributed by atoms with Crippen molar-refractivity contribution >= 4 is 11.0 Å². The molecule has 2 aromatic carbocycles. The molecule has 10 N–H and O–H groups in total. The van der Waals surface area contributed by atoms with Gasteiger partial charge < -0.3 is 74.4 Å². The molecule has 10 atom stereocenters. The van der Waals surface area contributed by atoms with Crippen LogP contribution in [0.4, 0.5) is 0 Å². The summed E-state index contributed by atoms with van der Waals surface area (Å²) in [7, 11) is 0. The molecule has 2 fully saturated rings. The predicted molar refractivity (Wildman–Crippen MR) is 140 cm³/mol. The molecule has 2 saturated heterocycles. The zero-order valence-corrected chi connectivity index (χ0v) is 22.3. The third-order valence-electron chi connectivity index (χ3n) is 7.31. The average Bonchev–Trinajstić information content (AvgIpc) is 2.97. The van der Waals surface area contributed by atoms with E-state index in [0.29, 0.717) is 0 Å². The third-order valence-corrected chi connectivity index (χ3v) is 7.31. The van der Waals surface area contributed by atoms with Crippen molar-refractivity contribution in [1.82, 2.24) is 0 Å². The number of ether oxygens (including phenoxy) is 4. The number of hydrogen-bond acceptors (Lipinski definition) is 16. The van der Waals surface area contributed by atoms with Crippen LogP contribution in [-0.4, -0.2) is 119 Å². The van der Waals surface area contributed by atoms with Crippen LogP contribution >= 0.6 is 0 Å². The van der Waals surface area contributed by atoms with Crippen LogP contribution < -0.4 is 10.2 Å². The lowest BCUT2D eigenvalue weighted by Gasteiger charge is -2.42. The summed E-state index contributed by atoms with van der Waals surface area (Å²) >= 11 is 0. The minimum Gasteiger partial charge on any atom is -0.508 e. The molecule has 0 spiro atoms. The summed E-state index contributed by atoms with van der Waals surface area (Å²) in [6.07, 6.45) is -16.2. The Labute approximate surface area is 241 Å². The molecule has 5 rings (SSSR count). The monoisotopic (exact) mass is 610 g/mol. The first-order valence-electron chi connectivity index (χ1n) is 13.0. The molecule has 0 radical (unpaired) electrons. The molecule has 0 saturated carbocycles. The number of fused-ring (bicyclic) bond motifs is 1. The minimum absolute atomic E-state index is 0.0603. The van der Waals surface area contributed by atoms with Crippen LogP contribution in [-0.2, 0) is 14.2 Å². The lowest BCUT2D eigenvalue weighted by molar-refractivity contribution is -0.318. The molecule has 2 aliphatic heterocycles. The molecule has 2 aliphatic rings. The van der Waals surface area contributed by atoms with Crippen LogP contribution in [0.5, 0.6) is 28.7 Å². The standard InChI is InChI=1S/C27H30O16/c1-8-15(30)20(35)22(37)26(40-8)39-7-13-17(32)21(36)23(38)27(42-13)43-25-19(34)14-12(6-11(29)16(31)18(14)33)41-24(25)9-3-2-4-10(28)5-9/h2-6,8,13,15,17,20-23,26-33,35-38H,7H2,1H3/t8-,13-,15+,17+,20-,21-,22-,23+,26-,27-/m0/s1. The van der Waals surface area contributed by atoms with Crippen LogP contribution in [0.1, 0.15) is 6.92 Å². The summed E-state index contributed by atoms with van der Waals surface area (Å²) in [6, 6.07) is 6.18. The molecule has 16 nitrogen and oxygen atoms in total. The van der Waals surface area contributed by atoms with Gasteiger partial charge >= 0.3 is 0 Å². The van der Waals surface area contributed by atoms with Gasteiger partial charge in [-0.25, -0.2) is 0 Å². The van der Waals surface area contributed by atoms with Crippen LogP contribution in [0.25, 0.3) is 22.3 Å². The molecular formula is C27H30O16. The fraction of sp³-hybridized carbons (Fsp3) is 0.444. The van der Waals surface area contributed by atoms with E-state index in [-0.39, 0.29) is 22.7 Å². The van der Waals surface area contributed by atoms with Crippen molar-refractivity contribution in [2.45, 2.75) is 68.3 Å². The van der Waals surface area contributed by atoms with E-state index in [1.54, 1.807) is 0 Å². The number of aliphatic hydroxyl groups is 6. The number of benzene rings is 2. The Hall–Kier alpha value is -3.71. The maximum Gasteiger partial charge on any atom is 0.239 e. The zero-order chi connectivity index (χ0) is 31.3. The highest BCUT2D eigenvalue weighted by Gasteiger charge is 2.48. The van der Waals surface area contributed by atoms with Gasteiger partial charge in [-0.2, -0.15) is 0 Å². The summed E-state index contributed by atoms with van der Waals surface area (Å²) < 4.78 is 27.8. The van der Waals surface area contributed by atoms with E-state index >= 15 is 0 Å². The molecule has 3 aromatic rings. The molecule has 0 unspecified atom stereocenters. The molecule has 0 bridgehead atoms. The van der Waals surface area contributed by atoms with E-state index in [4.69, 9.17) is 23.4 Å². The number of hydrogen-bond donors (Lipinski definition) is 10. The van der Waals surface area contributed by atoms with Crippen LogP contribution in [0.3, 0.4) is 0 Å². The van der Waals surface area contributed by atoms with Gasteiger partial charge in [0.2, 0.25) is 23.2 Å². The molecule has 0 aliphatic carbocycles. The van der Waals surface area contributed by atoms with E-state index in [1.165, 1.54) is 31.2 Å².